The molecule has 200 valence electrons. The number of nitrogens with one attached hydrogen (secondary N) is 1. The highest BCUT2D eigenvalue weighted by Gasteiger charge is 2.27. The molecule has 1 N–H and O–H groups in total. The zero-order valence-corrected chi connectivity index (χ0v) is 22.8. The van der Waals surface area contributed by atoms with Crippen molar-refractivity contribution < 1.29 is 9.59 Å². The number of benzene rings is 2. The Bertz CT molecular complexity index is 1200. The molecule has 0 radical (unpaired) electrons. The molecule has 0 bridgehead atoms. The highest BCUT2D eigenvalue weighted by molar-refractivity contribution is 7.13. The van der Waals surface area contributed by atoms with Gasteiger partial charge in [0.2, 0.25) is 5.91 Å². The zero-order chi connectivity index (χ0) is 26.3. The van der Waals surface area contributed by atoms with Crippen molar-refractivity contribution in [2.45, 2.75) is 20.0 Å². The van der Waals surface area contributed by atoms with Crippen LogP contribution >= 0.6 is 11.3 Å². The molecule has 8 nitrogen and oxygen atoms in total. The third-order valence-electron chi connectivity index (χ3n) is 7.28. The second kappa shape index (κ2) is 12.5. The Kier molecular flexibility index (Phi) is 8.68. The van der Waals surface area contributed by atoms with Crippen LogP contribution in [0, 0.1) is 6.92 Å². The van der Waals surface area contributed by atoms with Crippen LogP contribution in [0.15, 0.2) is 60.0 Å². The van der Waals surface area contributed by atoms with Gasteiger partial charge in [-0.1, -0.05) is 60.2 Å². The van der Waals surface area contributed by atoms with E-state index in [1.54, 1.807) is 0 Å². The van der Waals surface area contributed by atoms with Gasteiger partial charge in [-0.15, -0.1) is 11.3 Å². The number of rotatable bonds is 8. The van der Waals surface area contributed by atoms with Crippen LogP contribution in [-0.2, 0) is 17.9 Å². The number of carbonyl (C=O) groups is 2. The molecule has 0 spiro atoms. The minimum absolute atomic E-state index is 0.0373. The Hall–Kier alpha value is -3.27. The van der Waals surface area contributed by atoms with Gasteiger partial charge in [-0.3, -0.25) is 19.4 Å². The van der Waals surface area contributed by atoms with Gasteiger partial charge in [0, 0.05) is 70.8 Å². The van der Waals surface area contributed by atoms with Gasteiger partial charge in [0.15, 0.2) is 5.13 Å². The number of hydrogen-bond donors (Lipinski definition) is 1. The molecule has 0 saturated carbocycles. The summed E-state index contributed by atoms with van der Waals surface area (Å²) in [5.74, 6) is 0.151. The van der Waals surface area contributed by atoms with E-state index in [0.717, 1.165) is 37.9 Å². The molecular weight excluding hydrogens is 496 g/mol. The van der Waals surface area contributed by atoms with Crippen molar-refractivity contribution in [2.24, 2.45) is 0 Å². The molecule has 2 aliphatic rings. The summed E-state index contributed by atoms with van der Waals surface area (Å²) in [5.41, 5.74) is 4.25. The number of amides is 2. The van der Waals surface area contributed by atoms with Gasteiger partial charge in [-0.2, -0.15) is 0 Å². The average molecular weight is 533 g/mol. The largest absolute Gasteiger partial charge is 0.357 e. The van der Waals surface area contributed by atoms with Gasteiger partial charge in [0.05, 0.1) is 6.54 Å². The molecule has 3 aromatic rings. The van der Waals surface area contributed by atoms with E-state index < -0.39 is 0 Å². The number of thiazole rings is 1. The van der Waals surface area contributed by atoms with E-state index >= 15 is 0 Å². The lowest BCUT2D eigenvalue weighted by Gasteiger charge is -2.38. The second-order valence-electron chi connectivity index (χ2n) is 10.1. The summed E-state index contributed by atoms with van der Waals surface area (Å²) in [4.78, 5) is 38.8. The lowest BCUT2D eigenvalue weighted by molar-refractivity contribution is -0.134. The van der Waals surface area contributed by atoms with E-state index in [4.69, 9.17) is 0 Å². The van der Waals surface area contributed by atoms with Gasteiger partial charge in [-0.25, -0.2) is 4.98 Å². The van der Waals surface area contributed by atoms with Crippen LogP contribution in [0.5, 0.6) is 0 Å². The summed E-state index contributed by atoms with van der Waals surface area (Å²) in [7, 11) is 0. The quantitative estimate of drug-likeness (QED) is 0.481. The van der Waals surface area contributed by atoms with Crippen LogP contribution in [0.3, 0.4) is 0 Å². The first kappa shape index (κ1) is 26.3. The highest BCUT2D eigenvalue weighted by Crippen LogP contribution is 2.19. The Morgan fingerprint density at radius 2 is 1.47 bits per heavy atom. The van der Waals surface area contributed by atoms with E-state index in [1.165, 1.54) is 28.0 Å². The molecule has 3 heterocycles. The maximum atomic E-state index is 13.0. The summed E-state index contributed by atoms with van der Waals surface area (Å²) >= 11 is 1.45. The zero-order valence-electron chi connectivity index (χ0n) is 22.0. The number of nitrogens with zero attached hydrogens (tertiary/aromatic N) is 5. The standard InChI is InChI=1S/C29H36N6O2S/c1-23-7-9-25(10-8-23)20-32-11-15-34(16-12-32)27(36)21-33-13-17-35(18-14-33)28(37)26-22-38-29(31-26)30-19-24-5-3-2-4-6-24/h2-10,22H,11-21H2,1H3,(H,30,31). The lowest BCUT2D eigenvalue weighted by atomic mass is 10.1. The number of carbonyl (C=O) groups excluding carboxylic acids is 2. The Morgan fingerprint density at radius 1 is 0.816 bits per heavy atom. The number of piperazine rings is 2. The molecule has 38 heavy (non-hydrogen) atoms. The number of aromatic nitrogens is 1. The minimum Gasteiger partial charge on any atom is -0.357 e. The van der Waals surface area contributed by atoms with E-state index in [2.05, 4.69) is 63.4 Å². The predicted molar refractivity (Wildman–Crippen MR) is 151 cm³/mol. The third-order valence-corrected chi connectivity index (χ3v) is 8.08. The maximum absolute atomic E-state index is 13.0. The summed E-state index contributed by atoms with van der Waals surface area (Å²) in [6.45, 7) is 10.1. The van der Waals surface area contributed by atoms with Crippen molar-refractivity contribution in [2.75, 3.05) is 64.2 Å². The molecule has 1 aromatic heterocycles. The molecule has 2 amide bonds. The lowest BCUT2D eigenvalue weighted by Crippen LogP contribution is -2.54. The normalized spacial score (nSPS) is 17.0. The van der Waals surface area contributed by atoms with Crippen molar-refractivity contribution in [3.63, 3.8) is 0 Å². The monoisotopic (exact) mass is 532 g/mol. The molecular formula is C29H36N6O2S. The second-order valence-corrected chi connectivity index (χ2v) is 10.9. The third kappa shape index (κ3) is 6.98. The fourth-order valence-corrected chi connectivity index (χ4v) is 5.58. The molecule has 0 atom stereocenters. The number of anilines is 1. The van der Waals surface area contributed by atoms with Crippen molar-refractivity contribution in [3.05, 3.63) is 82.4 Å². The van der Waals surface area contributed by atoms with Gasteiger partial charge < -0.3 is 15.1 Å². The first-order valence-electron chi connectivity index (χ1n) is 13.3. The van der Waals surface area contributed by atoms with E-state index in [1.807, 2.05) is 33.4 Å². The van der Waals surface area contributed by atoms with Gasteiger partial charge in [-0.05, 0) is 18.1 Å². The number of hydrogen-bond acceptors (Lipinski definition) is 7. The summed E-state index contributed by atoms with van der Waals surface area (Å²) in [6, 6.07) is 18.8. The summed E-state index contributed by atoms with van der Waals surface area (Å²) in [6.07, 6.45) is 0. The molecule has 2 aromatic carbocycles. The van der Waals surface area contributed by atoms with Crippen LogP contribution < -0.4 is 5.32 Å². The predicted octanol–water partition coefficient (Wildman–Crippen LogP) is 3.17. The Morgan fingerprint density at radius 3 is 2.18 bits per heavy atom. The molecule has 2 saturated heterocycles. The van der Waals surface area contributed by atoms with Crippen molar-refractivity contribution in [1.29, 1.82) is 0 Å². The van der Waals surface area contributed by atoms with Gasteiger partial charge >= 0.3 is 0 Å². The van der Waals surface area contributed by atoms with Crippen LogP contribution in [0.2, 0.25) is 0 Å². The first-order chi connectivity index (χ1) is 18.5. The fourth-order valence-electron chi connectivity index (χ4n) is 4.90. The Labute approximate surface area is 228 Å². The summed E-state index contributed by atoms with van der Waals surface area (Å²) < 4.78 is 0. The van der Waals surface area contributed by atoms with Crippen molar-refractivity contribution >= 4 is 28.3 Å². The van der Waals surface area contributed by atoms with Crippen LogP contribution in [0.4, 0.5) is 5.13 Å². The molecule has 0 aliphatic carbocycles. The first-order valence-corrected chi connectivity index (χ1v) is 14.2. The SMILES string of the molecule is Cc1ccc(CN2CCN(C(=O)CN3CCN(C(=O)c4csc(NCc5ccccc5)n4)CC3)CC2)cc1. The average Bonchev–Trinajstić information content (AvgIpc) is 3.43. The molecule has 2 fully saturated rings. The van der Waals surface area contributed by atoms with Crippen LogP contribution in [0.25, 0.3) is 0 Å². The highest BCUT2D eigenvalue weighted by atomic mass is 32.1. The fraction of sp³-hybridized carbons (Fsp3) is 0.414. The maximum Gasteiger partial charge on any atom is 0.273 e. The Balaban J connectivity index is 1.02. The number of aryl methyl sites for hydroxylation is 1. The molecule has 0 unspecified atom stereocenters. The van der Waals surface area contributed by atoms with E-state index in [0.29, 0.717) is 45.0 Å². The smallest absolute Gasteiger partial charge is 0.273 e. The molecule has 9 heteroatoms. The van der Waals surface area contributed by atoms with Crippen molar-refractivity contribution in [3.8, 4) is 0 Å². The minimum atomic E-state index is -0.0373. The molecule has 5 rings (SSSR count). The van der Waals surface area contributed by atoms with Crippen molar-refractivity contribution in [1.82, 2.24) is 24.6 Å². The van der Waals surface area contributed by atoms with Gasteiger partial charge in [0.25, 0.3) is 5.91 Å². The topological polar surface area (TPSA) is 72.0 Å². The van der Waals surface area contributed by atoms with Crippen LogP contribution in [0.1, 0.15) is 27.2 Å². The van der Waals surface area contributed by atoms with Gasteiger partial charge in [0.1, 0.15) is 5.69 Å². The van der Waals surface area contributed by atoms with E-state index in [9.17, 15) is 9.59 Å². The van der Waals surface area contributed by atoms with Crippen LogP contribution in [-0.4, -0.2) is 95.3 Å². The van der Waals surface area contributed by atoms with E-state index in [-0.39, 0.29) is 11.8 Å². The summed E-state index contributed by atoms with van der Waals surface area (Å²) in [5, 5.41) is 5.87. The molecule has 2 aliphatic heterocycles.